The average molecular weight is 335 g/mol. The molecule has 1 aliphatic carbocycles. The van der Waals surface area contributed by atoms with Crippen LogP contribution in [0.15, 0.2) is 24.3 Å². The number of allylic oxidation sites excluding steroid dienone is 1. The van der Waals surface area contributed by atoms with Gasteiger partial charge in [-0.25, -0.2) is 13.2 Å². The normalized spacial score (nSPS) is 25.9. The smallest absolute Gasteiger partial charge is 0.317 e. The first kappa shape index (κ1) is 16.4. The van der Waals surface area contributed by atoms with Gasteiger partial charge in [-0.15, -0.1) is 0 Å². The number of rotatable bonds is 2. The Kier molecular flexibility index (Phi) is 3.74. The van der Waals surface area contributed by atoms with Gasteiger partial charge in [0.2, 0.25) is 0 Å². The first-order valence-corrected chi connectivity index (χ1v) is 7.32. The van der Waals surface area contributed by atoms with Crippen molar-refractivity contribution in [1.29, 1.82) is 0 Å². The average Bonchev–Trinajstić information content (AvgIpc) is 2.91. The predicted octanol–water partition coefficient (Wildman–Crippen LogP) is 4.49. The monoisotopic (exact) mass is 335 g/mol. The van der Waals surface area contributed by atoms with Crippen molar-refractivity contribution in [2.24, 2.45) is 11.3 Å². The third kappa shape index (κ3) is 2.65. The quantitative estimate of drug-likeness (QED) is 0.785. The maximum atomic E-state index is 14.1. The fraction of sp³-hybridized carbons (Fsp3) is 0.500. The minimum absolute atomic E-state index is 0.296. The summed E-state index contributed by atoms with van der Waals surface area (Å²) in [5.41, 5.74) is -2.60. The second kappa shape index (κ2) is 5.26. The van der Waals surface area contributed by atoms with Crippen molar-refractivity contribution < 1.29 is 26.3 Å². The Morgan fingerprint density at radius 1 is 1.13 bits per heavy atom. The third-order valence-electron chi connectivity index (χ3n) is 4.85. The lowest BCUT2D eigenvalue weighted by Gasteiger charge is -2.22. The first-order valence-electron chi connectivity index (χ1n) is 7.32. The summed E-state index contributed by atoms with van der Waals surface area (Å²) in [5.74, 6) is -4.98. The summed E-state index contributed by atoms with van der Waals surface area (Å²) in [6, 6.07) is 2.23. The van der Waals surface area contributed by atoms with Crippen LogP contribution in [-0.4, -0.2) is 19.0 Å². The number of hydrogen-bond acceptors (Lipinski definition) is 1. The van der Waals surface area contributed by atoms with Crippen molar-refractivity contribution >= 4 is 6.08 Å². The Morgan fingerprint density at radius 3 is 2.39 bits per heavy atom. The van der Waals surface area contributed by atoms with Crippen LogP contribution in [0.2, 0.25) is 0 Å². The first-order chi connectivity index (χ1) is 10.7. The highest BCUT2D eigenvalue weighted by Crippen LogP contribution is 2.70. The van der Waals surface area contributed by atoms with E-state index in [0.717, 1.165) is 24.3 Å². The molecule has 1 atom stereocenters. The molecule has 7 heteroatoms. The molecule has 1 aromatic carbocycles. The summed E-state index contributed by atoms with van der Waals surface area (Å²) < 4.78 is 79.9. The van der Waals surface area contributed by atoms with Crippen LogP contribution >= 0.6 is 0 Å². The third-order valence-corrected chi connectivity index (χ3v) is 4.85. The molecule has 1 N–H and O–H groups in total. The highest BCUT2D eigenvalue weighted by atomic mass is 19.4. The molecule has 0 amide bonds. The van der Waals surface area contributed by atoms with Crippen molar-refractivity contribution in [2.75, 3.05) is 13.1 Å². The molecular weight excluding hydrogens is 320 g/mol. The van der Waals surface area contributed by atoms with Gasteiger partial charge in [0, 0.05) is 5.41 Å². The highest BCUT2D eigenvalue weighted by Gasteiger charge is 2.78. The van der Waals surface area contributed by atoms with Crippen molar-refractivity contribution in [2.45, 2.75) is 24.9 Å². The van der Waals surface area contributed by atoms with Crippen LogP contribution in [0.4, 0.5) is 26.3 Å². The van der Waals surface area contributed by atoms with E-state index in [1.807, 2.05) is 0 Å². The summed E-state index contributed by atoms with van der Waals surface area (Å²) in [7, 11) is 0. The fourth-order valence-corrected chi connectivity index (χ4v) is 3.48. The molecule has 1 unspecified atom stereocenters. The van der Waals surface area contributed by atoms with Crippen LogP contribution in [0.1, 0.15) is 24.0 Å². The molecule has 1 aliphatic heterocycles. The van der Waals surface area contributed by atoms with Gasteiger partial charge in [0.25, 0.3) is 5.92 Å². The van der Waals surface area contributed by atoms with E-state index >= 15 is 0 Å². The zero-order chi connectivity index (χ0) is 16.9. The Balaban J connectivity index is 1.87. The molecule has 23 heavy (non-hydrogen) atoms. The van der Waals surface area contributed by atoms with Crippen LogP contribution in [0.25, 0.3) is 6.08 Å². The topological polar surface area (TPSA) is 12.0 Å². The molecule has 2 fully saturated rings. The lowest BCUT2D eigenvalue weighted by Crippen LogP contribution is -2.32. The molecule has 1 aromatic rings. The number of alkyl halides is 5. The second-order valence-corrected chi connectivity index (χ2v) is 6.10. The Bertz CT molecular complexity index is 628. The molecule has 3 rings (SSSR count). The SMILES string of the molecule is Fc1ccc(/C=C/C2C(F)(F)C23CCNCC3)c(C(F)(F)F)c1. The summed E-state index contributed by atoms with van der Waals surface area (Å²) in [6.07, 6.45) is -1.96. The fourth-order valence-electron chi connectivity index (χ4n) is 3.48. The molecule has 0 aromatic heterocycles. The number of piperidine rings is 1. The van der Waals surface area contributed by atoms with Gasteiger partial charge in [0.15, 0.2) is 0 Å². The maximum absolute atomic E-state index is 14.1. The van der Waals surface area contributed by atoms with Gasteiger partial charge < -0.3 is 5.32 Å². The molecular formula is C16H15F6N. The molecule has 2 aliphatic rings. The van der Waals surface area contributed by atoms with E-state index in [4.69, 9.17) is 0 Å². The Hall–Kier alpha value is -1.50. The van der Waals surface area contributed by atoms with E-state index in [1.54, 1.807) is 0 Å². The lowest BCUT2D eigenvalue weighted by atomic mass is 9.91. The summed E-state index contributed by atoms with van der Waals surface area (Å²) >= 11 is 0. The second-order valence-electron chi connectivity index (χ2n) is 6.10. The molecule has 1 saturated carbocycles. The zero-order valence-electron chi connectivity index (χ0n) is 12.1. The Morgan fingerprint density at radius 2 is 1.78 bits per heavy atom. The zero-order valence-corrected chi connectivity index (χ0v) is 12.1. The number of hydrogen-bond donors (Lipinski definition) is 1. The van der Waals surface area contributed by atoms with Gasteiger partial charge in [-0.3, -0.25) is 0 Å². The number of nitrogens with one attached hydrogen (secondary N) is 1. The van der Waals surface area contributed by atoms with Crippen LogP contribution in [-0.2, 0) is 6.18 Å². The van der Waals surface area contributed by atoms with Gasteiger partial charge in [-0.1, -0.05) is 18.2 Å². The predicted molar refractivity (Wildman–Crippen MR) is 73.4 cm³/mol. The van der Waals surface area contributed by atoms with E-state index in [9.17, 15) is 26.3 Å². The van der Waals surface area contributed by atoms with Crippen LogP contribution in [0, 0.1) is 17.2 Å². The van der Waals surface area contributed by atoms with Crippen molar-refractivity contribution in [3.05, 3.63) is 41.2 Å². The van der Waals surface area contributed by atoms with Crippen molar-refractivity contribution in [3.8, 4) is 0 Å². The van der Waals surface area contributed by atoms with E-state index in [1.165, 1.54) is 0 Å². The molecule has 1 saturated heterocycles. The minimum atomic E-state index is -4.74. The molecule has 1 heterocycles. The minimum Gasteiger partial charge on any atom is -0.317 e. The molecule has 126 valence electrons. The number of benzene rings is 1. The van der Waals surface area contributed by atoms with E-state index in [2.05, 4.69) is 5.32 Å². The van der Waals surface area contributed by atoms with Crippen molar-refractivity contribution in [1.82, 2.24) is 5.32 Å². The van der Waals surface area contributed by atoms with Gasteiger partial charge in [0.1, 0.15) is 5.82 Å². The van der Waals surface area contributed by atoms with E-state index < -0.39 is 34.8 Å². The molecule has 1 spiro atoms. The summed E-state index contributed by atoms with van der Waals surface area (Å²) in [4.78, 5) is 0. The van der Waals surface area contributed by atoms with Gasteiger partial charge >= 0.3 is 6.18 Å². The van der Waals surface area contributed by atoms with Crippen LogP contribution < -0.4 is 5.32 Å². The van der Waals surface area contributed by atoms with Crippen molar-refractivity contribution in [3.63, 3.8) is 0 Å². The largest absolute Gasteiger partial charge is 0.417 e. The van der Waals surface area contributed by atoms with Gasteiger partial charge in [0.05, 0.1) is 11.5 Å². The van der Waals surface area contributed by atoms with E-state index in [-0.39, 0.29) is 5.56 Å². The Labute approximate surface area is 129 Å². The van der Waals surface area contributed by atoms with Crippen LogP contribution in [0.5, 0.6) is 0 Å². The molecule has 0 radical (unpaired) electrons. The molecule has 1 nitrogen and oxygen atoms in total. The maximum Gasteiger partial charge on any atom is 0.417 e. The standard InChI is InChI=1S/C16H15F6N/c17-11-3-1-10(12(9-11)16(20,21)22)2-4-13-14(15(13,18)19)5-7-23-8-6-14/h1-4,9,13,23H,5-8H2/b4-2+. The van der Waals surface area contributed by atoms with Gasteiger partial charge in [-0.2, -0.15) is 13.2 Å². The van der Waals surface area contributed by atoms with Gasteiger partial charge in [-0.05, 0) is 43.6 Å². The lowest BCUT2D eigenvalue weighted by molar-refractivity contribution is -0.137. The van der Waals surface area contributed by atoms with Crippen LogP contribution in [0.3, 0.4) is 0 Å². The highest BCUT2D eigenvalue weighted by molar-refractivity contribution is 5.56. The number of halogens is 6. The molecule has 0 bridgehead atoms. The van der Waals surface area contributed by atoms with E-state index in [0.29, 0.717) is 32.0 Å². The summed E-state index contributed by atoms with van der Waals surface area (Å²) in [6.45, 7) is 0.953. The summed E-state index contributed by atoms with van der Waals surface area (Å²) in [5, 5.41) is 3.00.